The SMILES string of the molecule is O=C(Nc1ccc2sccc2c1)c1cc(O)ccc1O. The molecule has 3 rings (SSSR count). The number of carbonyl (C=O) groups excluding carboxylic acids is 1. The van der Waals surface area contributed by atoms with Crippen molar-refractivity contribution in [3.63, 3.8) is 0 Å². The van der Waals surface area contributed by atoms with Gasteiger partial charge in [-0.15, -0.1) is 11.3 Å². The van der Waals surface area contributed by atoms with E-state index in [1.807, 2.05) is 23.6 Å². The topological polar surface area (TPSA) is 69.6 Å². The first-order valence-electron chi connectivity index (χ1n) is 5.94. The first-order chi connectivity index (χ1) is 9.63. The Hall–Kier alpha value is -2.53. The van der Waals surface area contributed by atoms with Gasteiger partial charge in [0.25, 0.3) is 5.91 Å². The number of phenols is 2. The molecule has 1 aromatic heterocycles. The molecule has 0 fully saturated rings. The van der Waals surface area contributed by atoms with Gasteiger partial charge in [0.2, 0.25) is 0 Å². The summed E-state index contributed by atoms with van der Waals surface area (Å²) in [5.41, 5.74) is 0.680. The molecule has 0 saturated heterocycles. The number of nitrogens with one attached hydrogen (secondary N) is 1. The molecule has 0 bridgehead atoms. The quantitative estimate of drug-likeness (QED) is 0.630. The molecule has 20 heavy (non-hydrogen) atoms. The van der Waals surface area contributed by atoms with E-state index in [1.54, 1.807) is 17.4 Å². The van der Waals surface area contributed by atoms with E-state index in [0.717, 1.165) is 10.1 Å². The van der Waals surface area contributed by atoms with E-state index in [-0.39, 0.29) is 17.1 Å². The second kappa shape index (κ2) is 4.86. The number of carbonyl (C=O) groups is 1. The largest absolute Gasteiger partial charge is 0.508 e. The lowest BCUT2D eigenvalue weighted by Gasteiger charge is -2.07. The molecular formula is C15H11NO3S. The van der Waals surface area contributed by atoms with Crippen LogP contribution in [-0.4, -0.2) is 16.1 Å². The van der Waals surface area contributed by atoms with Gasteiger partial charge in [0.05, 0.1) is 5.56 Å². The zero-order valence-electron chi connectivity index (χ0n) is 10.3. The molecule has 100 valence electrons. The fourth-order valence-corrected chi connectivity index (χ4v) is 2.72. The molecule has 0 unspecified atom stereocenters. The number of aromatic hydroxyl groups is 2. The van der Waals surface area contributed by atoms with E-state index in [0.29, 0.717) is 5.69 Å². The van der Waals surface area contributed by atoms with Crippen molar-refractivity contribution >= 4 is 33.0 Å². The van der Waals surface area contributed by atoms with E-state index in [9.17, 15) is 15.0 Å². The summed E-state index contributed by atoms with van der Waals surface area (Å²) in [6, 6.07) is 11.4. The number of phenolic OH excluding ortho intramolecular Hbond substituents is 2. The van der Waals surface area contributed by atoms with Gasteiger partial charge in [-0.1, -0.05) is 0 Å². The summed E-state index contributed by atoms with van der Waals surface area (Å²) >= 11 is 1.63. The van der Waals surface area contributed by atoms with E-state index >= 15 is 0 Å². The minimum atomic E-state index is -0.465. The van der Waals surface area contributed by atoms with Crippen molar-refractivity contribution in [2.45, 2.75) is 0 Å². The molecule has 4 nitrogen and oxygen atoms in total. The zero-order chi connectivity index (χ0) is 14.1. The normalized spacial score (nSPS) is 10.6. The van der Waals surface area contributed by atoms with Crippen molar-refractivity contribution in [2.24, 2.45) is 0 Å². The molecule has 5 heteroatoms. The zero-order valence-corrected chi connectivity index (χ0v) is 11.1. The lowest BCUT2D eigenvalue weighted by atomic mass is 10.1. The lowest BCUT2D eigenvalue weighted by molar-refractivity contribution is 0.102. The average molecular weight is 285 g/mol. The van der Waals surface area contributed by atoms with Crippen molar-refractivity contribution in [1.29, 1.82) is 0 Å². The molecular weight excluding hydrogens is 274 g/mol. The fraction of sp³-hybridized carbons (Fsp3) is 0. The van der Waals surface area contributed by atoms with Crippen molar-refractivity contribution in [3.05, 3.63) is 53.4 Å². The van der Waals surface area contributed by atoms with Gasteiger partial charge in [-0.25, -0.2) is 0 Å². The highest BCUT2D eigenvalue weighted by Gasteiger charge is 2.12. The number of anilines is 1. The Labute approximate surface area is 118 Å². The predicted molar refractivity (Wildman–Crippen MR) is 79.5 cm³/mol. The highest BCUT2D eigenvalue weighted by atomic mass is 32.1. The number of fused-ring (bicyclic) bond motifs is 1. The number of hydrogen-bond acceptors (Lipinski definition) is 4. The summed E-state index contributed by atoms with van der Waals surface area (Å²) in [4.78, 5) is 12.1. The molecule has 2 aromatic carbocycles. The Kier molecular flexibility index (Phi) is 3.04. The Morgan fingerprint density at radius 2 is 1.90 bits per heavy atom. The van der Waals surface area contributed by atoms with Crippen LogP contribution in [0.15, 0.2) is 47.8 Å². The molecule has 0 aliphatic carbocycles. The van der Waals surface area contributed by atoms with Crippen LogP contribution >= 0.6 is 11.3 Å². The van der Waals surface area contributed by atoms with Gasteiger partial charge < -0.3 is 15.5 Å². The highest BCUT2D eigenvalue weighted by Crippen LogP contribution is 2.26. The van der Waals surface area contributed by atoms with Crippen LogP contribution < -0.4 is 5.32 Å². The third kappa shape index (κ3) is 2.31. The lowest BCUT2D eigenvalue weighted by Crippen LogP contribution is -2.11. The molecule has 0 radical (unpaired) electrons. The van der Waals surface area contributed by atoms with Crippen LogP contribution in [0.2, 0.25) is 0 Å². The van der Waals surface area contributed by atoms with Crippen molar-refractivity contribution in [1.82, 2.24) is 0 Å². The molecule has 0 spiro atoms. The molecule has 0 aliphatic rings. The summed E-state index contributed by atoms with van der Waals surface area (Å²) in [7, 11) is 0. The van der Waals surface area contributed by atoms with Crippen molar-refractivity contribution in [2.75, 3.05) is 5.32 Å². The second-order valence-corrected chi connectivity index (χ2v) is 5.28. The number of hydrogen-bond donors (Lipinski definition) is 3. The van der Waals surface area contributed by atoms with Crippen LogP contribution in [0.5, 0.6) is 11.5 Å². The third-order valence-corrected chi connectivity index (χ3v) is 3.83. The maximum Gasteiger partial charge on any atom is 0.259 e. The number of amides is 1. The number of benzene rings is 2. The monoisotopic (exact) mass is 285 g/mol. The smallest absolute Gasteiger partial charge is 0.259 e. The molecule has 0 saturated carbocycles. The number of rotatable bonds is 2. The molecule has 0 atom stereocenters. The minimum absolute atomic E-state index is 0.0374. The van der Waals surface area contributed by atoms with Gasteiger partial charge in [0.15, 0.2) is 0 Å². The summed E-state index contributed by atoms with van der Waals surface area (Å²) in [5.74, 6) is -0.703. The van der Waals surface area contributed by atoms with E-state index in [4.69, 9.17) is 0 Å². The van der Waals surface area contributed by atoms with Crippen LogP contribution in [-0.2, 0) is 0 Å². The van der Waals surface area contributed by atoms with Gasteiger partial charge >= 0.3 is 0 Å². The van der Waals surface area contributed by atoms with E-state index in [2.05, 4.69) is 5.32 Å². The van der Waals surface area contributed by atoms with Crippen molar-refractivity contribution < 1.29 is 15.0 Å². The van der Waals surface area contributed by atoms with Gasteiger partial charge in [-0.2, -0.15) is 0 Å². The first kappa shape index (κ1) is 12.5. The summed E-state index contributed by atoms with van der Waals surface area (Å²) < 4.78 is 1.14. The molecule has 3 aromatic rings. The summed E-state index contributed by atoms with van der Waals surface area (Å²) in [6.07, 6.45) is 0. The van der Waals surface area contributed by atoms with Crippen LogP contribution in [0.3, 0.4) is 0 Å². The summed E-state index contributed by atoms with van der Waals surface area (Å²) in [5, 5.41) is 24.8. The van der Waals surface area contributed by atoms with E-state index < -0.39 is 5.91 Å². The number of thiophene rings is 1. The van der Waals surface area contributed by atoms with Crippen LogP contribution in [0.4, 0.5) is 5.69 Å². The Balaban J connectivity index is 1.89. The Morgan fingerprint density at radius 1 is 1.05 bits per heavy atom. The molecule has 1 heterocycles. The van der Waals surface area contributed by atoms with Gasteiger partial charge in [0, 0.05) is 10.4 Å². The average Bonchev–Trinajstić information content (AvgIpc) is 2.89. The highest BCUT2D eigenvalue weighted by molar-refractivity contribution is 7.17. The standard InChI is InChI=1S/C15H11NO3S/c17-11-2-3-13(18)12(8-11)15(19)16-10-1-4-14-9(7-10)5-6-20-14/h1-8,17-18H,(H,16,19). The Morgan fingerprint density at radius 3 is 2.75 bits per heavy atom. The maximum atomic E-state index is 12.1. The van der Waals surface area contributed by atoms with Crippen LogP contribution in [0, 0.1) is 0 Å². The van der Waals surface area contributed by atoms with E-state index in [1.165, 1.54) is 18.2 Å². The molecule has 0 aliphatic heterocycles. The van der Waals surface area contributed by atoms with Gasteiger partial charge in [0.1, 0.15) is 11.5 Å². The van der Waals surface area contributed by atoms with Crippen molar-refractivity contribution in [3.8, 4) is 11.5 Å². The maximum absolute atomic E-state index is 12.1. The molecule has 1 amide bonds. The van der Waals surface area contributed by atoms with Gasteiger partial charge in [-0.05, 0) is 53.2 Å². The van der Waals surface area contributed by atoms with Crippen LogP contribution in [0.1, 0.15) is 10.4 Å². The summed E-state index contributed by atoms with van der Waals surface area (Å²) in [6.45, 7) is 0. The first-order valence-corrected chi connectivity index (χ1v) is 6.82. The second-order valence-electron chi connectivity index (χ2n) is 4.33. The third-order valence-electron chi connectivity index (χ3n) is 2.94. The minimum Gasteiger partial charge on any atom is -0.508 e. The van der Waals surface area contributed by atoms with Gasteiger partial charge in [-0.3, -0.25) is 4.79 Å². The predicted octanol–water partition coefficient (Wildman–Crippen LogP) is 3.56. The molecule has 3 N–H and O–H groups in total. The fourth-order valence-electron chi connectivity index (χ4n) is 1.95. The Bertz CT molecular complexity index is 795. The van der Waals surface area contributed by atoms with Crippen LogP contribution in [0.25, 0.3) is 10.1 Å².